The van der Waals surface area contributed by atoms with Gasteiger partial charge < -0.3 is 24.1 Å². The molecule has 0 atom stereocenters. The van der Waals surface area contributed by atoms with Gasteiger partial charge in [0.05, 0.1) is 36.4 Å². The smallest absolute Gasteiger partial charge is 0.425 e. The van der Waals surface area contributed by atoms with E-state index < -0.39 is 44.5 Å². The topological polar surface area (TPSA) is 235 Å². The summed E-state index contributed by atoms with van der Waals surface area (Å²) in [5.74, 6) is -3.44. The maximum Gasteiger partial charge on any atom is 0.425 e. The number of nitrogens with zero attached hydrogens (tertiary/aromatic N) is 5. The summed E-state index contributed by atoms with van der Waals surface area (Å²) in [6.07, 6.45) is 3.20. The van der Waals surface area contributed by atoms with E-state index in [0.29, 0.717) is 58.9 Å². The first-order valence-corrected chi connectivity index (χ1v) is 22.7. The van der Waals surface area contributed by atoms with Crippen molar-refractivity contribution in [1.29, 1.82) is 0 Å². The Morgan fingerprint density at radius 2 is 1.49 bits per heavy atom. The zero-order valence-corrected chi connectivity index (χ0v) is 35.2. The van der Waals surface area contributed by atoms with Crippen LogP contribution in [0.25, 0.3) is 33.4 Å². The van der Waals surface area contributed by atoms with E-state index in [9.17, 15) is 32.7 Å². The van der Waals surface area contributed by atoms with Crippen LogP contribution in [0.5, 0.6) is 0 Å². The highest BCUT2D eigenvalue weighted by Gasteiger charge is 2.34. The molecule has 3 saturated heterocycles. The molecule has 0 spiro atoms. The monoisotopic (exact) mass is 881 g/mol. The minimum Gasteiger partial charge on any atom is -0.545 e. The van der Waals surface area contributed by atoms with Gasteiger partial charge in [0, 0.05) is 78.9 Å². The predicted octanol–water partition coefficient (Wildman–Crippen LogP) is 1.46. The third-order valence-electron chi connectivity index (χ3n) is 11.0. The van der Waals surface area contributed by atoms with Crippen molar-refractivity contribution in [2.45, 2.75) is 45.4 Å². The van der Waals surface area contributed by atoms with Gasteiger partial charge in [0.2, 0.25) is 5.36 Å². The predicted molar refractivity (Wildman–Crippen MR) is 219 cm³/mol. The van der Waals surface area contributed by atoms with Crippen molar-refractivity contribution in [2.75, 3.05) is 76.1 Å². The third kappa shape index (κ3) is 11.4. The molecule has 0 saturated carbocycles. The molecule has 61 heavy (non-hydrogen) atoms. The molecule has 4 aliphatic heterocycles. The average Bonchev–Trinajstić information content (AvgIpc) is 3.55. The quantitative estimate of drug-likeness (QED) is 0.0658. The van der Waals surface area contributed by atoms with Crippen LogP contribution in [-0.4, -0.2) is 135 Å². The number of unbranched alkanes of at least 4 members (excludes halogenated alkanes) is 2. The number of carboxylic acids is 1. The molecule has 326 valence electrons. The molecule has 1 aliphatic carbocycles. The summed E-state index contributed by atoms with van der Waals surface area (Å²) >= 11 is 0. The number of hydrogen-bond donors (Lipinski definition) is 1. The van der Waals surface area contributed by atoms with Gasteiger partial charge in [-0.3, -0.25) is 23.9 Å². The molecule has 2 aromatic carbocycles. The van der Waals surface area contributed by atoms with E-state index in [1.807, 2.05) is 36.4 Å². The number of amides is 2. The van der Waals surface area contributed by atoms with E-state index in [-0.39, 0.29) is 35.3 Å². The van der Waals surface area contributed by atoms with E-state index in [0.717, 1.165) is 76.2 Å². The lowest BCUT2D eigenvalue weighted by atomic mass is 9.89. The number of aromatic carboxylic acids is 1. The molecule has 7 rings (SSSR count). The summed E-state index contributed by atoms with van der Waals surface area (Å²) in [5, 5.41) is 14.7. The lowest BCUT2D eigenvalue weighted by Gasteiger charge is -2.36. The minimum absolute atomic E-state index is 0.0605. The number of carboxylic acid groups (broad SMARTS) is 1. The fourth-order valence-electron chi connectivity index (χ4n) is 7.86. The molecular weight excluding hydrogens is 835 g/mol. The molecule has 5 aliphatic rings. The van der Waals surface area contributed by atoms with E-state index in [4.69, 9.17) is 26.4 Å². The van der Waals surface area contributed by atoms with Gasteiger partial charge in [-0.2, -0.15) is 8.42 Å². The Kier molecular flexibility index (Phi) is 14.7. The maximum atomic E-state index is 13.3. The third-order valence-corrected chi connectivity index (χ3v) is 11.8. The Hall–Kier alpha value is -5.54. The van der Waals surface area contributed by atoms with Gasteiger partial charge in [-0.15, -0.1) is 17.7 Å². The van der Waals surface area contributed by atoms with E-state index in [1.54, 1.807) is 0 Å². The van der Waals surface area contributed by atoms with Gasteiger partial charge >= 0.3 is 16.6 Å². The standard InChI is InChI=1S/C41H47N5O10S.O3S/c1-2-3-14-42-16-20-44(21-17-42)29-7-10-32-35(26-29)55-36-27-30(45-22-18-43(19-23-45)15-4-5-24-57(52,53)54)8-11-33(36)39(32)34-25-28(6-9-31(34)40(49)50)41(51)56-46-37(47)12-13-38(46)48;1-4(2)3/h6-11,25-27H,2-5,12-24H2,1H3,(H-,49,50,52,53,54);. The van der Waals surface area contributed by atoms with Crippen LogP contribution in [0.4, 0.5) is 5.69 Å². The number of hydrogen-bond acceptors (Lipinski definition) is 15. The highest BCUT2D eigenvalue weighted by atomic mass is 32.2. The van der Waals surface area contributed by atoms with Crippen molar-refractivity contribution in [2.24, 2.45) is 0 Å². The normalized spacial score (nSPS) is 16.5. The van der Waals surface area contributed by atoms with E-state index >= 15 is 0 Å². The van der Waals surface area contributed by atoms with Crippen molar-refractivity contribution in [3.8, 4) is 22.5 Å². The van der Waals surface area contributed by atoms with Gasteiger partial charge in [0.1, 0.15) is 11.3 Å². The van der Waals surface area contributed by atoms with Crippen LogP contribution in [0.1, 0.15) is 66.2 Å². The number of anilines is 1. The van der Waals surface area contributed by atoms with Crippen LogP contribution in [-0.2, 0) is 35.2 Å². The van der Waals surface area contributed by atoms with Crippen molar-refractivity contribution in [3.05, 3.63) is 71.1 Å². The van der Waals surface area contributed by atoms with Crippen LogP contribution >= 0.6 is 0 Å². The molecule has 0 radical (unpaired) electrons. The zero-order chi connectivity index (χ0) is 43.8. The summed E-state index contributed by atoms with van der Waals surface area (Å²) in [4.78, 5) is 62.6. The average molecular weight is 882 g/mol. The Bertz CT molecular complexity index is 2560. The number of fused-ring (bicyclic) bond motifs is 2. The van der Waals surface area contributed by atoms with Gasteiger partial charge in [-0.1, -0.05) is 19.4 Å². The molecule has 20 heteroatoms. The molecule has 3 fully saturated rings. The zero-order valence-electron chi connectivity index (χ0n) is 33.6. The number of piperazine rings is 2. The fraction of sp³-hybridized carbons (Fsp3) is 0.439. The van der Waals surface area contributed by atoms with Crippen molar-refractivity contribution in [3.63, 3.8) is 0 Å². The Labute approximate surface area is 353 Å². The number of carbonyl (C=O) groups excluding carboxylic acids is 4. The second-order valence-electron chi connectivity index (χ2n) is 15.1. The van der Waals surface area contributed by atoms with E-state index in [2.05, 4.69) is 26.2 Å². The molecule has 0 unspecified atom stereocenters. The summed E-state index contributed by atoms with van der Waals surface area (Å²) in [7, 11) is -7.09. The van der Waals surface area contributed by atoms with Crippen molar-refractivity contribution >= 4 is 61.1 Å². The maximum absolute atomic E-state index is 13.3. The highest BCUT2D eigenvalue weighted by Crippen LogP contribution is 2.42. The summed E-state index contributed by atoms with van der Waals surface area (Å²) < 4.78 is 65.6. The molecule has 0 bridgehead atoms. The molecule has 0 aromatic heterocycles. The number of carbonyl (C=O) groups is 4. The van der Waals surface area contributed by atoms with Crippen molar-refractivity contribution < 1.29 is 59.1 Å². The van der Waals surface area contributed by atoms with Crippen LogP contribution in [0.2, 0.25) is 0 Å². The Morgan fingerprint density at radius 3 is 2.13 bits per heavy atom. The molecule has 4 heterocycles. The molecule has 2 aromatic rings. The lowest BCUT2D eigenvalue weighted by molar-refractivity contribution is -0.255. The summed E-state index contributed by atoms with van der Waals surface area (Å²) in [6.45, 7) is 10.5. The van der Waals surface area contributed by atoms with Gasteiger partial charge in [0.15, 0.2) is 13.1 Å². The number of rotatable bonds is 13. The first-order valence-electron chi connectivity index (χ1n) is 20.1. The minimum atomic E-state index is -3.98. The Balaban J connectivity index is 0.00000149. The van der Waals surface area contributed by atoms with Crippen LogP contribution < -0.4 is 19.9 Å². The molecule has 2 amide bonds. The molecular formula is C41H47N5O13S2. The highest BCUT2D eigenvalue weighted by molar-refractivity contribution is 7.85. The van der Waals surface area contributed by atoms with Crippen LogP contribution in [0.3, 0.4) is 0 Å². The van der Waals surface area contributed by atoms with Crippen molar-refractivity contribution in [1.82, 2.24) is 19.4 Å². The summed E-state index contributed by atoms with van der Waals surface area (Å²) in [6, 6.07) is 15.5. The first kappa shape index (κ1) is 45.0. The first-order chi connectivity index (χ1) is 29.1. The number of benzene rings is 3. The second kappa shape index (κ2) is 19.9. The Morgan fingerprint density at radius 1 is 0.836 bits per heavy atom. The van der Waals surface area contributed by atoms with Gasteiger partial charge in [-0.05, 0) is 68.2 Å². The number of imide groups is 1. The van der Waals surface area contributed by atoms with Gasteiger partial charge in [-0.25, -0.2) is 9.37 Å². The largest absolute Gasteiger partial charge is 0.545 e. The van der Waals surface area contributed by atoms with E-state index in [1.165, 1.54) is 18.2 Å². The molecule has 18 nitrogen and oxygen atoms in total. The van der Waals surface area contributed by atoms with Crippen LogP contribution in [0.15, 0.2) is 59.0 Å². The SMILES string of the molecule is CCCCN1CC[N+](=c2ccc3c(-c4cc(C(=O)ON5C(=O)CCC5=O)ccc4C(=O)[O-])c4ccc(N5CCN(CCCCS(=O)(=O)O)CC5)cc4oc-3c2)CC1.O=S(=O)=O. The molecule has 1 N–H and O–H groups in total. The summed E-state index contributed by atoms with van der Waals surface area (Å²) in [5.41, 5.74) is 2.47. The van der Waals surface area contributed by atoms with Crippen LogP contribution in [0, 0.1) is 0 Å². The second-order valence-corrected chi connectivity index (χ2v) is 17.0. The lowest BCUT2D eigenvalue weighted by Crippen LogP contribution is -2.48. The fourth-order valence-corrected chi connectivity index (χ4v) is 8.43. The van der Waals surface area contributed by atoms with Gasteiger partial charge in [0.25, 0.3) is 21.9 Å². The number of hydroxylamine groups is 2.